The van der Waals surface area contributed by atoms with Crippen LogP contribution in [0.5, 0.6) is 5.75 Å². The lowest BCUT2D eigenvalue weighted by atomic mass is 10.0. The highest BCUT2D eigenvalue weighted by atomic mass is 19.4. The van der Waals surface area contributed by atoms with E-state index in [1.807, 2.05) is 0 Å². The van der Waals surface area contributed by atoms with Crippen LogP contribution in [0.1, 0.15) is 11.6 Å². The first-order valence-corrected chi connectivity index (χ1v) is 7.10. The molecule has 1 atom stereocenters. The van der Waals surface area contributed by atoms with Gasteiger partial charge in [-0.3, -0.25) is 9.69 Å². The first kappa shape index (κ1) is 17.6. The molecule has 0 radical (unpaired) electrons. The van der Waals surface area contributed by atoms with Crippen LogP contribution in [0.4, 0.5) is 18.9 Å². The number of carbonyl (C=O) groups excluding carboxylic acids is 1. The summed E-state index contributed by atoms with van der Waals surface area (Å²) in [5.74, 6) is -1.48. The normalized spacial score (nSPS) is 12.3. The Morgan fingerprint density at radius 3 is 2.17 bits per heavy atom. The summed E-state index contributed by atoms with van der Waals surface area (Å²) in [6.07, 6.45) is -3.70. The van der Waals surface area contributed by atoms with Crippen molar-refractivity contribution < 1.29 is 22.7 Å². The number of anilines is 1. The summed E-state index contributed by atoms with van der Waals surface area (Å²) >= 11 is 0. The van der Waals surface area contributed by atoms with Crippen molar-refractivity contribution in [3.8, 4) is 5.75 Å². The summed E-state index contributed by atoms with van der Waals surface area (Å²) in [5, 5.41) is 0. The molecule has 0 aliphatic heterocycles. The van der Waals surface area contributed by atoms with Gasteiger partial charge in [0.25, 0.3) is 0 Å². The molecule has 0 spiro atoms. The van der Waals surface area contributed by atoms with E-state index < -0.39 is 18.1 Å². The molecule has 0 bridgehead atoms. The third-order valence-corrected chi connectivity index (χ3v) is 3.45. The zero-order valence-corrected chi connectivity index (χ0v) is 13.0. The van der Waals surface area contributed by atoms with Crippen molar-refractivity contribution >= 4 is 11.6 Å². The summed E-state index contributed by atoms with van der Waals surface area (Å²) in [7, 11) is 1.45. The molecule has 0 fully saturated rings. The average molecular weight is 335 g/mol. The molecule has 2 aromatic rings. The standard InChI is InChI=1S/C18H16F3NO2/c1-3-16(13-7-5-4-6-8-13)22(17(23)18(19,20)21)14-9-11-15(24-2)12-10-14/h3-12,16H,1H2,2H3/t16-/m0/s1. The van der Waals surface area contributed by atoms with Crippen LogP contribution in [0.3, 0.4) is 0 Å². The van der Waals surface area contributed by atoms with Crippen molar-refractivity contribution in [2.45, 2.75) is 12.2 Å². The molecule has 6 heteroatoms. The van der Waals surface area contributed by atoms with E-state index in [0.29, 0.717) is 16.2 Å². The zero-order chi connectivity index (χ0) is 17.7. The lowest BCUT2D eigenvalue weighted by Crippen LogP contribution is -2.43. The minimum Gasteiger partial charge on any atom is -0.497 e. The van der Waals surface area contributed by atoms with Gasteiger partial charge in [0.05, 0.1) is 13.2 Å². The molecule has 24 heavy (non-hydrogen) atoms. The predicted octanol–water partition coefficient (Wildman–Crippen LogP) is 4.52. The maximum atomic E-state index is 13.1. The van der Waals surface area contributed by atoms with Crippen LogP contribution in [-0.4, -0.2) is 19.2 Å². The molecule has 0 aliphatic carbocycles. The first-order chi connectivity index (χ1) is 11.4. The molecule has 2 aromatic carbocycles. The molecule has 1 amide bonds. The number of alkyl halides is 3. The smallest absolute Gasteiger partial charge is 0.471 e. The third-order valence-electron chi connectivity index (χ3n) is 3.45. The number of hydrogen-bond donors (Lipinski definition) is 0. The van der Waals surface area contributed by atoms with E-state index in [4.69, 9.17) is 4.74 Å². The maximum absolute atomic E-state index is 13.1. The molecular formula is C18H16F3NO2. The van der Waals surface area contributed by atoms with Crippen molar-refractivity contribution in [3.63, 3.8) is 0 Å². The Bertz CT molecular complexity index is 696. The van der Waals surface area contributed by atoms with Gasteiger partial charge in [-0.1, -0.05) is 36.4 Å². The largest absolute Gasteiger partial charge is 0.497 e. The molecule has 0 aromatic heterocycles. The fourth-order valence-electron chi connectivity index (χ4n) is 2.32. The Kier molecular flexibility index (Phi) is 5.28. The third kappa shape index (κ3) is 3.76. The number of rotatable bonds is 5. The lowest BCUT2D eigenvalue weighted by Gasteiger charge is -2.31. The molecule has 0 saturated carbocycles. The van der Waals surface area contributed by atoms with E-state index in [-0.39, 0.29) is 5.69 Å². The van der Waals surface area contributed by atoms with E-state index in [1.165, 1.54) is 37.5 Å². The minimum absolute atomic E-state index is 0.104. The van der Waals surface area contributed by atoms with Crippen LogP contribution < -0.4 is 9.64 Å². The Hall–Kier alpha value is -2.76. The molecule has 0 N–H and O–H groups in total. The molecule has 126 valence electrons. The van der Waals surface area contributed by atoms with Gasteiger partial charge >= 0.3 is 12.1 Å². The second-order valence-corrected chi connectivity index (χ2v) is 4.96. The van der Waals surface area contributed by atoms with Crippen LogP contribution in [-0.2, 0) is 4.79 Å². The number of carbonyl (C=O) groups is 1. The van der Waals surface area contributed by atoms with E-state index >= 15 is 0 Å². The van der Waals surface area contributed by atoms with Crippen LogP contribution >= 0.6 is 0 Å². The number of methoxy groups -OCH3 is 1. The fraction of sp³-hybridized carbons (Fsp3) is 0.167. The zero-order valence-electron chi connectivity index (χ0n) is 13.0. The van der Waals surface area contributed by atoms with Crippen molar-refractivity contribution in [1.29, 1.82) is 0 Å². The number of nitrogens with zero attached hydrogens (tertiary/aromatic N) is 1. The summed E-state index contributed by atoms with van der Waals surface area (Å²) < 4.78 is 44.3. The minimum atomic E-state index is -5.00. The van der Waals surface area contributed by atoms with Gasteiger partial charge < -0.3 is 4.74 Å². The van der Waals surface area contributed by atoms with Gasteiger partial charge in [0.2, 0.25) is 0 Å². The van der Waals surface area contributed by atoms with Crippen LogP contribution in [0.2, 0.25) is 0 Å². The number of halogens is 3. The highest BCUT2D eigenvalue weighted by Gasteiger charge is 2.45. The Morgan fingerprint density at radius 2 is 1.71 bits per heavy atom. The topological polar surface area (TPSA) is 29.5 Å². The Morgan fingerprint density at radius 1 is 1.12 bits per heavy atom. The van der Waals surface area contributed by atoms with E-state index in [1.54, 1.807) is 30.3 Å². The predicted molar refractivity (Wildman–Crippen MR) is 85.9 cm³/mol. The summed E-state index contributed by atoms with van der Waals surface area (Å²) in [6.45, 7) is 3.60. The van der Waals surface area contributed by atoms with Gasteiger partial charge in [-0.15, -0.1) is 6.58 Å². The van der Waals surface area contributed by atoms with Crippen molar-refractivity contribution in [2.24, 2.45) is 0 Å². The first-order valence-electron chi connectivity index (χ1n) is 7.10. The monoisotopic (exact) mass is 335 g/mol. The fourth-order valence-corrected chi connectivity index (χ4v) is 2.32. The summed E-state index contributed by atoms with van der Waals surface area (Å²) in [5.41, 5.74) is 0.632. The van der Waals surface area contributed by atoms with Gasteiger partial charge in [0.15, 0.2) is 0 Å². The van der Waals surface area contributed by atoms with Gasteiger partial charge in [0.1, 0.15) is 5.75 Å². The molecule has 2 rings (SSSR count). The summed E-state index contributed by atoms with van der Waals surface area (Å²) in [6, 6.07) is 13.3. The molecule has 3 nitrogen and oxygen atoms in total. The van der Waals surface area contributed by atoms with Gasteiger partial charge in [-0.2, -0.15) is 13.2 Å². The van der Waals surface area contributed by atoms with E-state index in [2.05, 4.69) is 6.58 Å². The van der Waals surface area contributed by atoms with E-state index in [9.17, 15) is 18.0 Å². The van der Waals surface area contributed by atoms with Crippen molar-refractivity contribution in [1.82, 2.24) is 0 Å². The lowest BCUT2D eigenvalue weighted by molar-refractivity contribution is -0.170. The van der Waals surface area contributed by atoms with Crippen molar-refractivity contribution in [3.05, 3.63) is 72.8 Å². The van der Waals surface area contributed by atoms with Gasteiger partial charge in [-0.25, -0.2) is 0 Å². The Balaban J connectivity index is 2.52. The second-order valence-electron chi connectivity index (χ2n) is 4.96. The maximum Gasteiger partial charge on any atom is 0.471 e. The number of hydrogen-bond acceptors (Lipinski definition) is 2. The average Bonchev–Trinajstić information content (AvgIpc) is 2.59. The van der Waals surface area contributed by atoms with Crippen LogP contribution in [0.25, 0.3) is 0 Å². The SMILES string of the molecule is C=C[C@@H](c1ccccc1)N(C(=O)C(F)(F)F)c1ccc(OC)cc1. The Labute approximate surface area is 138 Å². The molecule has 0 saturated heterocycles. The van der Waals surface area contributed by atoms with E-state index in [0.717, 1.165) is 0 Å². The van der Waals surface area contributed by atoms with Crippen LogP contribution in [0, 0.1) is 0 Å². The number of amides is 1. The molecule has 0 heterocycles. The molecule has 0 unspecified atom stereocenters. The van der Waals surface area contributed by atoms with Gasteiger partial charge in [-0.05, 0) is 29.8 Å². The second kappa shape index (κ2) is 7.21. The number of ether oxygens (including phenoxy) is 1. The quantitative estimate of drug-likeness (QED) is 0.752. The molecule has 0 aliphatic rings. The highest BCUT2D eigenvalue weighted by Crippen LogP contribution is 2.33. The van der Waals surface area contributed by atoms with Crippen LogP contribution in [0.15, 0.2) is 67.3 Å². The van der Waals surface area contributed by atoms with Gasteiger partial charge in [0, 0.05) is 5.69 Å². The van der Waals surface area contributed by atoms with Crippen molar-refractivity contribution in [2.75, 3.05) is 12.0 Å². The number of benzene rings is 2. The molecular weight excluding hydrogens is 319 g/mol. The highest BCUT2D eigenvalue weighted by molar-refractivity contribution is 5.98. The summed E-state index contributed by atoms with van der Waals surface area (Å²) in [4.78, 5) is 12.7.